The molecule has 0 spiro atoms. The summed E-state index contributed by atoms with van der Waals surface area (Å²) in [5.41, 5.74) is 9.62. The van der Waals surface area contributed by atoms with Crippen LogP contribution in [-0.4, -0.2) is 16.9 Å². The molecule has 1 heterocycles. The van der Waals surface area contributed by atoms with E-state index in [1.807, 2.05) is 36.0 Å². The first-order valence-electron chi connectivity index (χ1n) is 6.55. The van der Waals surface area contributed by atoms with E-state index < -0.39 is 0 Å². The van der Waals surface area contributed by atoms with Crippen LogP contribution in [0.1, 0.15) is 29.9 Å². The predicted octanol–water partition coefficient (Wildman–Crippen LogP) is 2.23. The van der Waals surface area contributed by atoms with Gasteiger partial charge in [0.2, 0.25) is 0 Å². The molecule has 0 aliphatic rings. The Bertz CT molecular complexity index is 548. The third-order valence-corrected chi connectivity index (χ3v) is 3.34. The van der Waals surface area contributed by atoms with Gasteiger partial charge in [0.05, 0.1) is 12.8 Å². The van der Waals surface area contributed by atoms with Gasteiger partial charge in [0, 0.05) is 25.2 Å². The van der Waals surface area contributed by atoms with Crippen LogP contribution in [0.2, 0.25) is 0 Å². The number of nitrogens with zero attached hydrogens (tertiary/aromatic N) is 2. The number of aromatic nitrogens is 2. The quantitative estimate of drug-likeness (QED) is 0.896. The van der Waals surface area contributed by atoms with Crippen LogP contribution in [-0.2, 0) is 19.9 Å². The molecule has 1 atom stereocenters. The number of aryl methyl sites for hydroxylation is 2. The maximum absolute atomic E-state index is 6.27. The first kappa shape index (κ1) is 13.6. The average Bonchev–Trinajstić information content (AvgIpc) is 2.79. The molecule has 0 saturated carbocycles. The Morgan fingerprint density at radius 1 is 1.37 bits per heavy atom. The van der Waals surface area contributed by atoms with Crippen molar-refractivity contribution < 1.29 is 4.74 Å². The third kappa shape index (κ3) is 3.15. The van der Waals surface area contributed by atoms with E-state index in [0.717, 1.165) is 35.5 Å². The van der Waals surface area contributed by atoms with E-state index in [-0.39, 0.29) is 6.04 Å². The number of hydrogen-bond acceptors (Lipinski definition) is 3. The maximum atomic E-state index is 6.27. The van der Waals surface area contributed by atoms with Crippen molar-refractivity contribution in [2.75, 3.05) is 7.11 Å². The highest BCUT2D eigenvalue weighted by atomic mass is 16.5. The van der Waals surface area contributed by atoms with Crippen molar-refractivity contribution in [2.24, 2.45) is 12.8 Å². The summed E-state index contributed by atoms with van der Waals surface area (Å²) in [6.07, 6.45) is 1.72. The Kier molecular flexibility index (Phi) is 4.22. The van der Waals surface area contributed by atoms with Gasteiger partial charge in [-0.25, -0.2) is 0 Å². The fourth-order valence-corrected chi connectivity index (χ4v) is 2.15. The highest BCUT2D eigenvalue weighted by Gasteiger charge is 2.11. The van der Waals surface area contributed by atoms with E-state index in [9.17, 15) is 0 Å². The molecule has 2 rings (SSSR count). The smallest absolute Gasteiger partial charge is 0.119 e. The largest absolute Gasteiger partial charge is 0.497 e. The maximum Gasteiger partial charge on any atom is 0.119 e. The van der Waals surface area contributed by atoms with Crippen molar-refractivity contribution in [2.45, 2.75) is 25.8 Å². The van der Waals surface area contributed by atoms with E-state index in [1.54, 1.807) is 7.11 Å². The van der Waals surface area contributed by atoms with Gasteiger partial charge in [0.15, 0.2) is 0 Å². The summed E-state index contributed by atoms with van der Waals surface area (Å²) in [5.74, 6) is 0.840. The average molecular weight is 259 g/mol. The van der Waals surface area contributed by atoms with Gasteiger partial charge < -0.3 is 10.5 Å². The zero-order valence-corrected chi connectivity index (χ0v) is 11.8. The van der Waals surface area contributed by atoms with Crippen LogP contribution >= 0.6 is 0 Å². The molecule has 1 unspecified atom stereocenters. The highest BCUT2D eigenvalue weighted by Crippen LogP contribution is 2.21. The first-order chi connectivity index (χ1) is 9.13. The molecule has 102 valence electrons. The summed E-state index contributed by atoms with van der Waals surface area (Å²) in [6, 6.07) is 9.99. The minimum Gasteiger partial charge on any atom is -0.497 e. The Hall–Kier alpha value is -1.81. The van der Waals surface area contributed by atoms with Crippen LogP contribution in [0.4, 0.5) is 0 Å². The number of rotatable bonds is 5. The van der Waals surface area contributed by atoms with E-state index in [0.29, 0.717) is 0 Å². The van der Waals surface area contributed by atoms with Crippen molar-refractivity contribution in [3.8, 4) is 5.75 Å². The molecule has 1 aromatic carbocycles. The van der Waals surface area contributed by atoms with Crippen LogP contribution < -0.4 is 10.5 Å². The number of hydrogen-bond donors (Lipinski definition) is 1. The molecule has 0 amide bonds. The van der Waals surface area contributed by atoms with E-state index >= 15 is 0 Å². The second-order valence-electron chi connectivity index (χ2n) is 4.69. The molecular weight excluding hydrogens is 238 g/mol. The van der Waals surface area contributed by atoms with Crippen molar-refractivity contribution in [3.05, 3.63) is 47.3 Å². The second kappa shape index (κ2) is 5.89. The summed E-state index contributed by atoms with van der Waals surface area (Å²) >= 11 is 0. The molecule has 0 radical (unpaired) electrons. The van der Waals surface area contributed by atoms with Crippen molar-refractivity contribution in [3.63, 3.8) is 0 Å². The fourth-order valence-electron chi connectivity index (χ4n) is 2.15. The zero-order valence-electron chi connectivity index (χ0n) is 11.8. The predicted molar refractivity (Wildman–Crippen MR) is 76.2 cm³/mol. The van der Waals surface area contributed by atoms with Crippen LogP contribution in [0.25, 0.3) is 0 Å². The summed E-state index contributed by atoms with van der Waals surface area (Å²) in [4.78, 5) is 0. The summed E-state index contributed by atoms with van der Waals surface area (Å²) in [7, 11) is 3.63. The Labute approximate surface area is 114 Å². The number of nitrogens with two attached hydrogens (primary N) is 1. The molecule has 2 aromatic rings. The standard InChI is InChI=1S/C15H21N3O/c1-4-12-9-13(18(2)17-12)10-15(16)11-6-5-7-14(8-11)19-3/h5-9,15H,4,10,16H2,1-3H3. The van der Waals surface area contributed by atoms with Gasteiger partial charge in [-0.3, -0.25) is 4.68 Å². The lowest BCUT2D eigenvalue weighted by Crippen LogP contribution is -2.15. The van der Waals surface area contributed by atoms with Crippen LogP contribution in [0.3, 0.4) is 0 Å². The van der Waals surface area contributed by atoms with Gasteiger partial charge in [-0.1, -0.05) is 19.1 Å². The van der Waals surface area contributed by atoms with Gasteiger partial charge in [-0.15, -0.1) is 0 Å². The molecular formula is C15H21N3O. The summed E-state index contributed by atoms with van der Waals surface area (Å²) < 4.78 is 7.14. The lowest BCUT2D eigenvalue weighted by Gasteiger charge is -2.13. The van der Waals surface area contributed by atoms with Crippen molar-refractivity contribution >= 4 is 0 Å². The number of ether oxygens (including phenoxy) is 1. The third-order valence-electron chi connectivity index (χ3n) is 3.34. The van der Waals surface area contributed by atoms with Gasteiger partial charge in [-0.2, -0.15) is 5.10 Å². The molecule has 4 nitrogen and oxygen atoms in total. The lowest BCUT2D eigenvalue weighted by molar-refractivity contribution is 0.413. The van der Waals surface area contributed by atoms with Gasteiger partial charge in [-0.05, 0) is 30.2 Å². The second-order valence-corrected chi connectivity index (χ2v) is 4.69. The number of benzene rings is 1. The molecule has 0 aliphatic carbocycles. The molecule has 0 fully saturated rings. The molecule has 2 N–H and O–H groups in total. The molecule has 0 bridgehead atoms. The number of methoxy groups -OCH3 is 1. The highest BCUT2D eigenvalue weighted by molar-refractivity contribution is 5.31. The van der Waals surface area contributed by atoms with Gasteiger partial charge >= 0.3 is 0 Å². The monoisotopic (exact) mass is 259 g/mol. The van der Waals surface area contributed by atoms with Crippen molar-refractivity contribution in [1.29, 1.82) is 0 Å². The minimum absolute atomic E-state index is 0.0461. The van der Waals surface area contributed by atoms with E-state index in [2.05, 4.69) is 18.1 Å². The van der Waals surface area contributed by atoms with E-state index in [1.165, 1.54) is 0 Å². The Morgan fingerprint density at radius 3 is 2.79 bits per heavy atom. The first-order valence-corrected chi connectivity index (χ1v) is 6.55. The van der Waals surface area contributed by atoms with Crippen LogP contribution in [0.5, 0.6) is 5.75 Å². The van der Waals surface area contributed by atoms with Crippen LogP contribution in [0, 0.1) is 0 Å². The van der Waals surface area contributed by atoms with Gasteiger partial charge in [0.1, 0.15) is 5.75 Å². The van der Waals surface area contributed by atoms with Crippen LogP contribution in [0.15, 0.2) is 30.3 Å². The van der Waals surface area contributed by atoms with Gasteiger partial charge in [0.25, 0.3) is 0 Å². The Balaban J connectivity index is 2.15. The minimum atomic E-state index is -0.0461. The zero-order chi connectivity index (χ0) is 13.8. The SMILES string of the molecule is CCc1cc(CC(N)c2cccc(OC)c2)n(C)n1. The lowest BCUT2D eigenvalue weighted by atomic mass is 10.0. The molecule has 1 aromatic heterocycles. The topological polar surface area (TPSA) is 53.1 Å². The van der Waals surface area contributed by atoms with E-state index in [4.69, 9.17) is 10.5 Å². The molecule has 0 saturated heterocycles. The fraction of sp³-hybridized carbons (Fsp3) is 0.400. The summed E-state index contributed by atoms with van der Waals surface area (Å²) in [6.45, 7) is 2.11. The molecule has 0 aliphatic heterocycles. The summed E-state index contributed by atoms with van der Waals surface area (Å²) in [5, 5.41) is 4.45. The molecule has 4 heteroatoms. The van der Waals surface area contributed by atoms with Crippen molar-refractivity contribution in [1.82, 2.24) is 9.78 Å². The normalized spacial score (nSPS) is 12.4. The Morgan fingerprint density at radius 2 is 2.16 bits per heavy atom. The molecule has 19 heavy (non-hydrogen) atoms.